The molecule has 0 fully saturated rings. The van der Waals surface area contributed by atoms with Gasteiger partial charge in [-0.05, 0) is 36.6 Å². The van der Waals surface area contributed by atoms with Crippen molar-refractivity contribution in [2.45, 2.75) is 12.2 Å². The van der Waals surface area contributed by atoms with Crippen LogP contribution in [0.2, 0.25) is 0 Å². The molecule has 2 N–H and O–H groups in total. The smallest absolute Gasteiger partial charge is 0.237 e. The maximum absolute atomic E-state index is 12.6. The Bertz CT molecular complexity index is 1040. The van der Waals surface area contributed by atoms with Gasteiger partial charge in [-0.1, -0.05) is 48.2 Å². The van der Waals surface area contributed by atoms with E-state index in [4.69, 9.17) is 9.73 Å². The van der Waals surface area contributed by atoms with Gasteiger partial charge in [0.2, 0.25) is 5.91 Å². The van der Waals surface area contributed by atoms with Gasteiger partial charge in [-0.3, -0.25) is 4.79 Å². The van der Waals surface area contributed by atoms with Crippen LogP contribution in [-0.2, 0) is 4.79 Å². The Hall–Kier alpha value is -2.99. The molecular weight excluding hydrogens is 358 g/mol. The molecule has 1 amide bonds. The maximum Gasteiger partial charge on any atom is 0.237 e. The first-order valence-corrected chi connectivity index (χ1v) is 9.51. The number of amides is 1. The third-order valence-electron chi connectivity index (χ3n) is 4.37. The van der Waals surface area contributed by atoms with Gasteiger partial charge in [0.05, 0.1) is 29.4 Å². The Morgan fingerprint density at radius 3 is 2.70 bits per heavy atom. The number of ether oxygens (including phenoxy) is 1. The molecule has 0 bridgehead atoms. The van der Waals surface area contributed by atoms with Gasteiger partial charge in [-0.15, -0.1) is 0 Å². The summed E-state index contributed by atoms with van der Waals surface area (Å²) in [6, 6.07) is 19.5. The fourth-order valence-electron chi connectivity index (χ4n) is 3.03. The molecule has 1 heterocycles. The molecule has 0 aromatic heterocycles. The van der Waals surface area contributed by atoms with E-state index in [9.17, 15) is 4.79 Å². The zero-order valence-electron chi connectivity index (χ0n) is 15.0. The van der Waals surface area contributed by atoms with Crippen molar-refractivity contribution in [2.24, 2.45) is 4.99 Å². The SMILES string of the molecule is COc1ccccc1NC(=O)[C@@H](C)SC1=Nc2cccc3cccc(c23)N1. The molecule has 5 nitrogen and oxygen atoms in total. The second kappa shape index (κ2) is 7.32. The van der Waals surface area contributed by atoms with Crippen molar-refractivity contribution in [2.75, 3.05) is 17.7 Å². The molecule has 0 spiro atoms. The van der Waals surface area contributed by atoms with Crippen molar-refractivity contribution in [3.63, 3.8) is 0 Å². The Kier molecular flexibility index (Phi) is 4.73. The average Bonchev–Trinajstić information content (AvgIpc) is 2.68. The highest BCUT2D eigenvalue weighted by Crippen LogP contribution is 2.37. The number of benzene rings is 3. The summed E-state index contributed by atoms with van der Waals surface area (Å²) < 4.78 is 5.29. The lowest BCUT2D eigenvalue weighted by Gasteiger charge is -2.20. The lowest BCUT2D eigenvalue weighted by atomic mass is 10.1. The van der Waals surface area contributed by atoms with Gasteiger partial charge < -0.3 is 15.4 Å². The first-order valence-electron chi connectivity index (χ1n) is 8.63. The Balaban J connectivity index is 1.51. The number of hydrogen-bond donors (Lipinski definition) is 2. The number of methoxy groups -OCH3 is 1. The van der Waals surface area contributed by atoms with E-state index < -0.39 is 0 Å². The number of aliphatic imine (C=N–C) groups is 1. The fraction of sp³-hybridized carbons (Fsp3) is 0.143. The van der Waals surface area contributed by atoms with E-state index in [1.54, 1.807) is 7.11 Å². The van der Waals surface area contributed by atoms with E-state index in [2.05, 4.69) is 22.8 Å². The van der Waals surface area contributed by atoms with E-state index in [-0.39, 0.29) is 11.2 Å². The molecule has 0 radical (unpaired) electrons. The molecule has 4 rings (SSSR count). The van der Waals surface area contributed by atoms with Crippen molar-refractivity contribution < 1.29 is 9.53 Å². The average molecular weight is 377 g/mol. The van der Waals surface area contributed by atoms with Crippen molar-refractivity contribution in [3.8, 4) is 5.75 Å². The minimum atomic E-state index is -0.328. The summed E-state index contributed by atoms with van der Waals surface area (Å²) in [5.41, 5.74) is 2.59. The van der Waals surface area contributed by atoms with Crippen LogP contribution >= 0.6 is 11.8 Å². The van der Waals surface area contributed by atoms with Crippen LogP contribution in [0.1, 0.15) is 6.92 Å². The maximum atomic E-state index is 12.6. The molecule has 1 aliphatic heterocycles. The number of nitrogens with one attached hydrogen (secondary N) is 2. The number of amidine groups is 1. The molecular formula is C21H19N3O2S. The lowest BCUT2D eigenvalue weighted by Crippen LogP contribution is -2.26. The molecule has 0 saturated carbocycles. The topological polar surface area (TPSA) is 62.7 Å². The van der Waals surface area contributed by atoms with Crippen LogP contribution in [-0.4, -0.2) is 23.4 Å². The second-order valence-electron chi connectivity index (χ2n) is 6.17. The van der Waals surface area contributed by atoms with E-state index in [1.165, 1.54) is 11.8 Å². The number of rotatable bonds is 4. The quantitative estimate of drug-likeness (QED) is 0.670. The summed E-state index contributed by atoms with van der Waals surface area (Å²) >= 11 is 1.40. The van der Waals surface area contributed by atoms with Crippen LogP contribution in [0, 0.1) is 0 Å². The van der Waals surface area contributed by atoms with Crippen LogP contribution in [0.5, 0.6) is 5.75 Å². The lowest BCUT2D eigenvalue weighted by molar-refractivity contribution is -0.115. The highest BCUT2D eigenvalue weighted by molar-refractivity contribution is 8.15. The second-order valence-corrected chi connectivity index (χ2v) is 7.50. The van der Waals surface area contributed by atoms with Gasteiger partial charge >= 0.3 is 0 Å². The highest BCUT2D eigenvalue weighted by atomic mass is 32.2. The molecule has 136 valence electrons. The molecule has 3 aromatic carbocycles. The van der Waals surface area contributed by atoms with Crippen LogP contribution in [0.3, 0.4) is 0 Å². The Morgan fingerprint density at radius 1 is 1.11 bits per heavy atom. The van der Waals surface area contributed by atoms with Crippen molar-refractivity contribution >= 4 is 50.7 Å². The van der Waals surface area contributed by atoms with Crippen LogP contribution in [0.25, 0.3) is 10.8 Å². The van der Waals surface area contributed by atoms with Gasteiger partial charge in [0.1, 0.15) is 5.75 Å². The fourth-order valence-corrected chi connectivity index (χ4v) is 3.85. The van der Waals surface area contributed by atoms with Crippen molar-refractivity contribution in [3.05, 3.63) is 60.7 Å². The standard InChI is InChI=1S/C21H19N3O2S/c1-13(20(25)22-15-9-3-4-12-18(15)26-2)27-21-23-16-10-5-7-14-8-6-11-17(24-21)19(14)16/h3-13H,1-2H3,(H,22,25)(H,23,24)/t13-/m1/s1. The number of para-hydroxylation sites is 2. The number of anilines is 2. The summed E-state index contributed by atoms with van der Waals surface area (Å²) in [6.45, 7) is 1.86. The molecule has 0 unspecified atom stereocenters. The molecule has 3 aromatic rings. The number of hydrogen-bond acceptors (Lipinski definition) is 5. The summed E-state index contributed by atoms with van der Waals surface area (Å²) in [5, 5.41) is 8.90. The first kappa shape index (κ1) is 17.4. The van der Waals surface area contributed by atoms with E-state index in [1.807, 2.05) is 55.5 Å². The minimum absolute atomic E-state index is 0.105. The predicted molar refractivity (Wildman–Crippen MR) is 113 cm³/mol. The number of carbonyl (C=O) groups is 1. The van der Waals surface area contributed by atoms with E-state index >= 15 is 0 Å². The number of carbonyl (C=O) groups excluding carboxylic acids is 1. The van der Waals surface area contributed by atoms with Gasteiger partial charge in [0.15, 0.2) is 5.17 Å². The van der Waals surface area contributed by atoms with Gasteiger partial charge in [-0.25, -0.2) is 4.99 Å². The third kappa shape index (κ3) is 3.48. The summed E-state index contributed by atoms with van der Waals surface area (Å²) in [6.07, 6.45) is 0. The third-order valence-corrected chi connectivity index (χ3v) is 5.35. The Labute approximate surface area is 161 Å². The van der Waals surface area contributed by atoms with Crippen molar-refractivity contribution in [1.29, 1.82) is 0 Å². The largest absolute Gasteiger partial charge is 0.495 e. The molecule has 1 atom stereocenters. The van der Waals surface area contributed by atoms with E-state index in [0.29, 0.717) is 16.6 Å². The zero-order valence-corrected chi connectivity index (χ0v) is 15.8. The van der Waals surface area contributed by atoms with Gasteiger partial charge in [0.25, 0.3) is 0 Å². The molecule has 0 saturated heterocycles. The highest BCUT2D eigenvalue weighted by Gasteiger charge is 2.21. The van der Waals surface area contributed by atoms with Crippen LogP contribution in [0.15, 0.2) is 65.7 Å². The molecule has 1 aliphatic rings. The number of thioether (sulfide) groups is 1. The summed E-state index contributed by atoms with van der Waals surface area (Å²) in [7, 11) is 1.59. The minimum Gasteiger partial charge on any atom is -0.495 e. The van der Waals surface area contributed by atoms with E-state index in [0.717, 1.165) is 22.1 Å². The van der Waals surface area contributed by atoms with Crippen LogP contribution in [0.4, 0.5) is 17.1 Å². The van der Waals surface area contributed by atoms with Gasteiger partial charge in [-0.2, -0.15) is 0 Å². The summed E-state index contributed by atoms with van der Waals surface area (Å²) in [4.78, 5) is 17.3. The first-order chi connectivity index (χ1) is 13.2. The Morgan fingerprint density at radius 2 is 1.89 bits per heavy atom. The molecule has 27 heavy (non-hydrogen) atoms. The summed E-state index contributed by atoms with van der Waals surface area (Å²) in [5.74, 6) is 0.530. The van der Waals surface area contributed by atoms with Gasteiger partial charge in [0, 0.05) is 5.39 Å². The van der Waals surface area contributed by atoms with Crippen LogP contribution < -0.4 is 15.4 Å². The number of nitrogens with zero attached hydrogens (tertiary/aromatic N) is 1. The zero-order chi connectivity index (χ0) is 18.8. The molecule has 0 aliphatic carbocycles. The predicted octanol–water partition coefficient (Wildman–Crippen LogP) is 5.02. The van der Waals surface area contributed by atoms with Crippen molar-refractivity contribution in [1.82, 2.24) is 0 Å². The normalized spacial score (nSPS) is 13.5. The monoisotopic (exact) mass is 377 g/mol. The molecule has 6 heteroatoms.